The summed E-state index contributed by atoms with van der Waals surface area (Å²) in [7, 11) is 0. The van der Waals surface area contributed by atoms with E-state index < -0.39 is 0 Å². The Bertz CT molecular complexity index is 1010. The minimum atomic E-state index is -0.0499. The van der Waals surface area contributed by atoms with Crippen molar-refractivity contribution in [1.82, 2.24) is 4.98 Å². The van der Waals surface area contributed by atoms with Gasteiger partial charge in [0, 0.05) is 28.2 Å². The number of hydrogen-bond donors (Lipinski definition) is 1. The molecule has 26 heavy (non-hydrogen) atoms. The number of fused-ring (bicyclic) bond motifs is 1. The standard InChI is InChI=1S/C10H9NO.C10H10O2.C2H6/c1-7-6-11-9-5-3-2-4-8(9)10(7)12;1-4-8-9(5-2)12-6-7(3)10(8)11;1-2/h2-6H,1H3,(H,11,12);4-6H,1-2H2,3H3;1-2H3. The molecule has 2 heterocycles. The highest BCUT2D eigenvalue weighted by molar-refractivity contribution is 5.78. The summed E-state index contributed by atoms with van der Waals surface area (Å²) in [4.78, 5) is 26.0. The van der Waals surface area contributed by atoms with Crippen LogP contribution in [0.4, 0.5) is 0 Å². The molecular formula is C22H25NO3. The lowest BCUT2D eigenvalue weighted by molar-refractivity contribution is 0.532. The van der Waals surface area contributed by atoms with Gasteiger partial charge in [0.25, 0.3) is 0 Å². The van der Waals surface area contributed by atoms with Crippen LogP contribution in [0.1, 0.15) is 36.3 Å². The average molecular weight is 351 g/mol. The van der Waals surface area contributed by atoms with Gasteiger partial charge in [-0.15, -0.1) is 0 Å². The first-order chi connectivity index (χ1) is 12.5. The summed E-state index contributed by atoms with van der Waals surface area (Å²) in [6.07, 6.45) is 6.14. The Morgan fingerprint density at radius 3 is 2.23 bits per heavy atom. The third-order valence-corrected chi connectivity index (χ3v) is 3.59. The predicted molar refractivity (Wildman–Crippen MR) is 111 cm³/mol. The fourth-order valence-electron chi connectivity index (χ4n) is 2.22. The summed E-state index contributed by atoms with van der Waals surface area (Å²) in [5.41, 5.74) is 2.78. The van der Waals surface area contributed by atoms with E-state index in [4.69, 9.17) is 4.42 Å². The van der Waals surface area contributed by atoms with Crippen LogP contribution in [0.2, 0.25) is 0 Å². The zero-order valence-electron chi connectivity index (χ0n) is 15.8. The third-order valence-electron chi connectivity index (χ3n) is 3.59. The van der Waals surface area contributed by atoms with Crippen LogP contribution >= 0.6 is 0 Å². The van der Waals surface area contributed by atoms with Gasteiger partial charge in [0.05, 0.1) is 11.8 Å². The molecule has 0 bridgehead atoms. The number of pyridine rings is 1. The summed E-state index contributed by atoms with van der Waals surface area (Å²) >= 11 is 0. The lowest BCUT2D eigenvalue weighted by Gasteiger charge is -1.98. The molecule has 1 aromatic carbocycles. The van der Waals surface area contributed by atoms with Crippen LogP contribution in [0.5, 0.6) is 0 Å². The van der Waals surface area contributed by atoms with Crippen molar-refractivity contribution >= 4 is 23.1 Å². The number of aryl methyl sites for hydroxylation is 2. The number of aromatic amines is 1. The number of H-pyrrole nitrogens is 1. The predicted octanol–water partition coefficient (Wildman–Crippen LogP) is 5.10. The van der Waals surface area contributed by atoms with Crippen molar-refractivity contribution in [1.29, 1.82) is 0 Å². The monoisotopic (exact) mass is 351 g/mol. The van der Waals surface area contributed by atoms with Gasteiger partial charge in [-0.2, -0.15) is 0 Å². The van der Waals surface area contributed by atoms with Crippen LogP contribution < -0.4 is 10.9 Å². The van der Waals surface area contributed by atoms with E-state index in [0.717, 1.165) is 16.5 Å². The largest absolute Gasteiger partial charge is 0.464 e. The third kappa shape index (κ3) is 4.70. The maximum atomic E-state index is 11.5. The molecule has 1 N–H and O–H groups in total. The number of hydrogen-bond acceptors (Lipinski definition) is 3. The minimum Gasteiger partial charge on any atom is -0.464 e. The second-order valence-corrected chi connectivity index (χ2v) is 5.28. The second-order valence-electron chi connectivity index (χ2n) is 5.28. The van der Waals surface area contributed by atoms with Gasteiger partial charge in [-0.25, -0.2) is 0 Å². The molecule has 0 atom stereocenters. The molecule has 0 fully saturated rings. The van der Waals surface area contributed by atoms with Crippen molar-refractivity contribution in [2.75, 3.05) is 0 Å². The van der Waals surface area contributed by atoms with Crippen LogP contribution in [0, 0.1) is 13.8 Å². The molecule has 0 radical (unpaired) electrons. The molecule has 136 valence electrons. The highest BCUT2D eigenvalue weighted by Crippen LogP contribution is 2.08. The van der Waals surface area contributed by atoms with E-state index in [1.54, 1.807) is 13.1 Å². The quantitative estimate of drug-likeness (QED) is 0.699. The fourth-order valence-corrected chi connectivity index (χ4v) is 2.22. The molecule has 4 heteroatoms. The van der Waals surface area contributed by atoms with Crippen LogP contribution in [0.3, 0.4) is 0 Å². The zero-order chi connectivity index (χ0) is 19.7. The Kier molecular flexibility index (Phi) is 8.03. The van der Waals surface area contributed by atoms with Gasteiger partial charge >= 0.3 is 0 Å². The van der Waals surface area contributed by atoms with Gasteiger partial charge in [0.2, 0.25) is 0 Å². The Labute approximate surface area is 153 Å². The smallest absolute Gasteiger partial charge is 0.195 e. The maximum absolute atomic E-state index is 11.5. The number of benzene rings is 1. The van der Waals surface area contributed by atoms with Gasteiger partial charge < -0.3 is 9.40 Å². The highest BCUT2D eigenvalue weighted by Gasteiger charge is 2.04. The number of aromatic nitrogens is 1. The molecule has 0 amide bonds. The van der Waals surface area contributed by atoms with Gasteiger partial charge in [0.15, 0.2) is 10.9 Å². The molecule has 0 aliphatic heterocycles. The first kappa shape index (κ1) is 20.9. The Hall–Kier alpha value is -3.14. The molecular weight excluding hydrogens is 326 g/mol. The fraction of sp³-hybridized carbons (Fsp3) is 0.182. The molecule has 3 rings (SSSR count). The first-order valence-corrected chi connectivity index (χ1v) is 8.44. The van der Waals surface area contributed by atoms with Crippen LogP contribution in [0.25, 0.3) is 23.1 Å². The van der Waals surface area contributed by atoms with Crippen LogP contribution in [-0.2, 0) is 0 Å². The van der Waals surface area contributed by atoms with E-state index in [-0.39, 0.29) is 10.9 Å². The van der Waals surface area contributed by atoms with Crippen molar-refractivity contribution in [3.63, 3.8) is 0 Å². The van der Waals surface area contributed by atoms with E-state index in [9.17, 15) is 9.59 Å². The summed E-state index contributed by atoms with van der Waals surface area (Å²) in [6, 6.07) is 7.52. The molecule has 0 saturated heterocycles. The molecule has 3 aromatic rings. The lowest BCUT2D eigenvalue weighted by atomic mass is 10.1. The van der Waals surface area contributed by atoms with Crippen LogP contribution in [-0.4, -0.2) is 4.98 Å². The van der Waals surface area contributed by atoms with Gasteiger partial charge in [0.1, 0.15) is 5.76 Å². The topological polar surface area (TPSA) is 63.1 Å². The Balaban J connectivity index is 0.000000238. The van der Waals surface area contributed by atoms with Gasteiger partial charge in [-0.05, 0) is 32.1 Å². The lowest BCUT2D eigenvalue weighted by Crippen LogP contribution is -2.09. The summed E-state index contributed by atoms with van der Waals surface area (Å²) in [5, 5.41) is 0.762. The van der Waals surface area contributed by atoms with Gasteiger partial charge in [-0.1, -0.05) is 45.2 Å². The average Bonchev–Trinajstić information content (AvgIpc) is 2.69. The zero-order valence-corrected chi connectivity index (χ0v) is 15.8. The van der Waals surface area contributed by atoms with Gasteiger partial charge in [-0.3, -0.25) is 9.59 Å². The van der Waals surface area contributed by atoms with E-state index >= 15 is 0 Å². The number of para-hydroxylation sites is 1. The van der Waals surface area contributed by atoms with Crippen LogP contribution in [0.15, 0.2) is 63.9 Å². The summed E-state index contributed by atoms with van der Waals surface area (Å²) < 4.78 is 5.12. The van der Waals surface area contributed by atoms with E-state index in [1.807, 2.05) is 45.0 Å². The molecule has 0 aliphatic rings. The number of rotatable bonds is 2. The van der Waals surface area contributed by atoms with Crippen molar-refractivity contribution in [3.8, 4) is 0 Å². The van der Waals surface area contributed by atoms with E-state index in [1.165, 1.54) is 18.4 Å². The van der Waals surface area contributed by atoms with Crippen molar-refractivity contribution in [2.45, 2.75) is 27.7 Å². The molecule has 0 unspecified atom stereocenters. The Morgan fingerprint density at radius 1 is 0.962 bits per heavy atom. The summed E-state index contributed by atoms with van der Waals surface area (Å²) in [5.74, 6) is 0.473. The minimum absolute atomic E-state index is 0.0499. The van der Waals surface area contributed by atoms with E-state index in [0.29, 0.717) is 16.9 Å². The first-order valence-electron chi connectivity index (χ1n) is 8.44. The highest BCUT2D eigenvalue weighted by atomic mass is 16.3. The van der Waals surface area contributed by atoms with Crippen molar-refractivity contribution in [3.05, 3.63) is 92.8 Å². The second kappa shape index (κ2) is 9.99. The molecule has 0 aliphatic carbocycles. The Morgan fingerprint density at radius 2 is 1.62 bits per heavy atom. The molecule has 0 saturated carbocycles. The maximum Gasteiger partial charge on any atom is 0.195 e. The number of nitrogens with one attached hydrogen (secondary N) is 1. The van der Waals surface area contributed by atoms with Crippen molar-refractivity contribution < 1.29 is 4.42 Å². The molecule has 4 nitrogen and oxygen atoms in total. The van der Waals surface area contributed by atoms with E-state index in [2.05, 4.69) is 18.1 Å². The molecule has 2 aromatic heterocycles. The molecule has 0 spiro atoms. The SMILES string of the molecule is C=Cc1occ(C)c(=O)c1C=C.CC.Cc1c[nH]c2ccccc2c1=O. The normalized spacial score (nSPS) is 9.38. The van der Waals surface area contributed by atoms with Crippen molar-refractivity contribution in [2.24, 2.45) is 0 Å². The summed E-state index contributed by atoms with van der Waals surface area (Å²) in [6.45, 7) is 14.6.